The molecule has 4 heterocycles. The number of methoxy groups -OCH3 is 1. The Kier molecular flexibility index (Phi) is 4.94. The van der Waals surface area contributed by atoms with Crippen molar-refractivity contribution in [3.05, 3.63) is 50.4 Å². The molecule has 0 N–H and O–H groups in total. The summed E-state index contributed by atoms with van der Waals surface area (Å²) in [5.74, 6) is 1.19. The van der Waals surface area contributed by atoms with Crippen LogP contribution in [0, 0.1) is 0 Å². The topological polar surface area (TPSA) is 91.5 Å². The number of pyridine rings is 1. The first-order valence-electron chi connectivity index (χ1n) is 10.7. The van der Waals surface area contributed by atoms with Gasteiger partial charge in [0, 0.05) is 31.4 Å². The van der Waals surface area contributed by atoms with E-state index in [1.54, 1.807) is 17.9 Å². The fourth-order valence-corrected chi connectivity index (χ4v) is 5.05. The Hall–Kier alpha value is -2.52. The monoisotopic (exact) mass is 413 g/mol. The number of rotatable bonds is 4. The van der Waals surface area contributed by atoms with Crippen molar-refractivity contribution >= 4 is 0 Å². The summed E-state index contributed by atoms with van der Waals surface area (Å²) in [6.45, 7) is 2.85. The molecule has 2 aromatic heterocycles. The summed E-state index contributed by atoms with van der Waals surface area (Å²) >= 11 is 0. The maximum Gasteiger partial charge on any atom is 0.332 e. The van der Waals surface area contributed by atoms with Crippen molar-refractivity contribution in [3.8, 4) is 5.88 Å². The Bertz CT molecular complexity index is 1060. The zero-order valence-corrected chi connectivity index (χ0v) is 17.2. The summed E-state index contributed by atoms with van der Waals surface area (Å²) in [6.07, 6.45) is 6.49. The van der Waals surface area contributed by atoms with Crippen molar-refractivity contribution in [1.82, 2.24) is 24.2 Å². The molecule has 1 unspecified atom stereocenters. The van der Waals surface area contributed by atoms with Gasteiger partial charge in [0.25, 0.3) is 0 Å². The van der Waals surface area contributed by atoms with Crippen molar-refractivity contribution in [2.24, 2.45) is 0 Å². The molecule has 1 spiro atoms. The van der Waals surface area contributed by atoms with Crippen LogP contribution in [0.4, 0.5) is 0 Å². The van der Waals surface area contributed by atoms with Gasteiger partial charge in [-0.2, -0.15) is 5.10 Å². The Morgan fingerprint density at radius 3 is 2.87 bits per heavy atom. The Morgan fingerprint density at radius 1 is 1.23 bits per heavy atom. The highest BCUT2D eigenvalue weighted by Crippen LogP contribution is 2.33. The Balaban J connectivity index is 1.36. The van der Waals surface area contributed by atoms with Gasteiger partial charge >= 0.3 is 11.1 Å². The van der Waals surface area contributed by atoms with Crippen molar-refractivity contribution in [1.29, 1.82) is 0 Å². The SMILES string of the molecule is COc1ncccc1CN1CCC2(C1)Cn1c(nn(C3CCCC3)c(=O)c1=O)CO2. The molecule has 1 aliphatic carbocycles. The number of ether oxygens (including phenoxy) is 2. The van der Waals surface area contributed by atoms with Gasteiger partial charge in [-0.3, -0.25) is 19.1 Å². The molecule has 9 heteroatoms. The molecule has 1 saturated carbocycles. The summed E-state index contributed by atoms with van der Waals surface area (Å²) in [7, 11) is 1.62. The van der Waals surface area contributed by atoms with Gasteiger partial charge in [0.05, 0.1) is 19.7 Å². The van der Waals surface area contributed by atoms with Crippen LogP contribution in [0.3, 0.4) is 0 Å². The van der Waals surface area contributed by atoms with Gasteiger partial charge < -0.3 is 9.47 Å². The van der Waals surface area contributed by atoms with Crippen LogP contribution >= 0.6 is 0 Å². The molecule has 5 rings (SSSR count). The minimum Gasteiger partial charge on any atom is -0.481 e. The van der Waals surface area contributed by atoms with Gasteiger partial charge in [-0.25, -0.2) is 9.67 Å². The third-order valence-corrected chi connectivity index (χ3v) is 6.63. The maximum atomic E-state index is 12.9. The van der Waals surface area contributed by atoms with Gasteiger partial charge in [0.2, 0.25) is 5.88 Å². The van der Waals surface area contributed by atoms with Gasteiger partial charge in [-0.05, 0) is 25.3 Å². The van der Waals surface area contributed by atoms with Crippen LogP contribution in [0.15, 0.2) is 27.9 Å². The average Bonchev–Trinajstić information content (AvgIpc) is 3.42. The normalized spacial score (nSPS) is 24.4. The van der Waals surface area contributed by atoms with E-state index in [4.69, 9.17) is 9.47 Å². The molecule has 2 fully saturated rings. The summed E-state index contributed by atoms with van der Waals surface area (Å²) in [5.41, 5.74) is -0.425. The van der Waals surface area contributed by atoms with Crippen LogP contribution in [0.5, 0.6) is 5.88 Å². The first-order chi connectivity index (χ1) is 14.6. The molecule has 3 aliphatic rings. The third kappa shape index (κ3) is 3.35. The van der Waals surface area contributed by atoms with Gasteiger partial charge in [0.15, 0.2) is 5.82 Å². The second-order valence-corrected chi connectivity index (χ2v) is 8.60. The summed E-state index contributed by atoms with van der Waals surface area (Å²) in [6, 6.07) is 3.95. The fourth-order valence-electron chi connectivity index (χ4n) is 5.05. The molecular formula is C21H27N5O4. The van der Waals surface area contributed by atoms with Crippen molar-refractivity contribution in [2.45, 2.75) is 63.4 Å². The molecule has 0 bridgehead atoms. The molecule has 0 radical (unpaired) electrons. The Morgan fingerprint density at radius 2 is 2.07 bits per heavy atom. The predicted octanol–water partition coefficient (Wildman–Crippen LogP) is 1.10. The highest BCUT2D eigenvalue weighted by Gasteiger charge is 2.43. The Labute approximate surface area is 174 Å². The number of likely N-dealkylation sites (tertiary alicyclic amines) is 1. The van der Waals surface area contributed by atoms with Crippen molar-refractivity contribution in [3.63, 3.8) is 0 Å². The second-order valence-electron chi connectivity index (χ2n) is 8.60. The standard InChI is InChI=1S/C21H27N5O4/c1-29-18-15(5-4-9-22-18)11-24-10-8-21(13-24)14-25-17(12-30-21)23-26(20(28)19(25)27)16-6-2-3-7-16/h4-5,9,16H,2-3,6-8,10-14H2,1H3. The summed E-state index contributed by atoms with van der Waals surface area (Å²) in [4.78, 5) is 32.1. The van der Waals surface area contributed by atoms with Gasteiger partial charge in [-0.1, -0.05) is 18.9 Å². The zero-order chi connectivity index (χ0) is 20.7. The molecule has 1 atom stereocenters. The lowest BCUT2D eigenvalue weighted by Gasteiger charge is -2.35. The lowest BCUT2D eigenvalue weighted by Crippen LogP contribution is -2.53. The summed E-state index contributed by atoms with van der Waals surface area (Å²) in [5, 5.41) is 4.52. The smallest absolute Gasteiger partial charge is 0.332 e. The lowest BCUT2D eigenvalue weighted by molar-refractivity contribution is -0.0861. The van der Waals surface area contributed by atoms with E-state index in [9.17, 15) is 9.59 Å². The van der Waals surface area contributed by atoms with E-state index in [0.717, 1.165) is 44.2 Å². The van der Waals surface area contributed by atoms with E-state index in [0.29, 0.717) is 31.3 Å². The van der Waals surface area contributed by atoms with Crippen LogP contribution in [-0.4, -0.2) is 50.0 Å². The number of hydrogen-bond donors (Lipinski definition) is 0. The van der Waals surface area contributed by atoms with Crippen LogP contribution in [-0.2, 0) is 24.4 Å². The zero-order valence-electron chi connectivity index (χ0n) is 17.2. The number of fused-ring (bicyclic) bond motifs is 1. The first-order valence-corrected chi connectivity index (χ1v) is 10.7. The maximum absolute atomic E-state index is 12.9. The largest absolute Gasteiger partial charge is 0.481 e. The van der Waals surface area contributed by atoms with E-state index in [2.05, 4.69) is 15.0 Å². The molecule has 2 aliphatic heterocycles. The molecular weight excluding hydrogens is 386 g/mol. The average molecular weight is 413 g/mol. The van der Waals surface area contributed by atoms with Crippen LogP contribution in [0.25, 0.3) is 0 Å². The summed E-state index contributed by atoms with van der Waals surface area (Å²) < 4.78 is 14.6. The molecule has 2 aromatic rings. The quantitative estimate of drug-likeness (QED) is 0.693. The molecule has 0 amide bonds. The number of aromatic nitrogens is 4. The van der Waals surface area contributed by atoms with Gasteiger partial charge in [0.1, 0.15) is 12.2 Å². The predicted molar refractivity (Wildman–Crippen MR) is 108 cm³/mol. The molecule has 30 heavy (non-hydrogen) atoms. The molecule has 160 valence electrons. The van der Waals surface area contributed by atoms with Crippen LogP contribution in [0.2, 0.25) is 0 Å². The minimum atomic E-state index is -0.502. The molecule has 1 saturated heterocycles. The molecule has 9 nitrogen and oxygen atoms in total. The van der Waals surface area contributed by atoms with E-state index in [1.165, 1.54) is 4.68 Å². The number of nitrogens with zero attached hydrogens (tertiary/aromatic N) is 5. The van der Waals surface area contributed by atoms with Crippen LogP contribution < -0.4 is 15.9 Å². The first kappa shape index (κ1) is 19.4. The van der Waals surface area contributed by atoms with Crippen LogP contribution in [0.1, 0.15) is 49.5 Å². The fraction of sp³-hybridized carbons (Fsp3) is 0.619. The van der Waals surface area contributed by atoms with Crippen molar-refractivity contribution < 1.29 is 9.47 Å². The van der Waals surface area contributed by atoms with E-state index in [-0.39, 0.29) is 12.6 Å². The van der Waals surface area contributed by atoms with Gasteiger partial charge in [-0.15, -0.1) is 0 Å². The highest BCUT2D eigenvalue weighted by atomic mass is 16.5. The minimum absolute atomic E-state index is 0.0448. The third-order valence-electron chi connectivity index (χ3n) is 6.63. The van der Waals surface area contributed by atoms with E-state index < -0.39 is 16.7 Å². The van der Waals surface area contributed by atoms with Crippen molar-refractivity contribution in [2.75, 3.05) is 20.2 Å². The lowest BCUT2D eigenvalue weighted by atomic mass is 10.0. The highest BCUT2D eigenvalue weighted by molar-refractivity contribution is 5.25. The van der Waals surface area contributed by atoms with E-state index >= 15 is 0 Å². The second kappa shape index (κ2) is 7.63. The number of hydrogen-bond acceptors (Lipinski definition) is 7. The molecule has 0 aromatic carbocycles. The van der Waals surface area contributed by atoms with E-state index in [1.807, 2.05) is 12.1 Å².